The molecule has 0 aliphatic rings. The van der Waals surface area contributed by atoms with E-state index in [4.69, 9.17) is 0 Å². The average molecular weight is 221 g/mol. The van der Waals surface area contributed by atoms with Crippen molar-refractivity contribution in [1.82, 2.24) is 14.8 Å². The van der Waals surface area contributed by atoms with Crippen LogP contribution in [0, 0.1) is 12.7 Å². The highest BCUT2D eigenvalue weighted by atomic mass is 19.1. The Labute approximate surface area is 91.7 Å². The van der Waals surface area contributed by atoms with Gasteiger partial charge in [-0.2, -0.15) is 5.10 Å². The van der Waals surface area contributed by atoms with Gasteiger partial charge >= 0.3 is 5.69 Å². The van der Waals surface area contributed by atoms with E-state index in [9.17, 15) is 9.18 Å². The highest BCUT2D eigenvalue weighted by Gasteiger charge is 2.13. The van der Waals surface area contributed by atoms with Crippen LogP contribution in [0.4, 0.5) is 4.39 Å². The third kappa shape index (κ3) is 1.76. The minimum atomic E-state index is -0.285. The normalized spacial score (nSPS) is 12.7. The smallest absolute Gasteiger partial charge is 0.272 e. The van der Waals surface area contributed by atoms with E-state index in [0.29, 0.717) is 5.82 Å². The Balaban J connectivity index is 2.43. The predicted octanol–water partition coefficient (Wildman–Crippen LogP) is 1.63. The second-order valence-corrected chi connectivity index (χ2v) is 3.67. The highest BCUT2D eigenvalue weighted by molar-refractivity contribution is 5.20. The summed E-state index contributed by atoms with van der Waals surface area (Å²) in [5, 5.41) is 6.21. The molecule has 1 atom stereocenters. The zero-order chi connectivity index (χ0) is 11.7. The minimum absolute atomic E-state index is 0.160. The highest BCUT2D eigenvalue weighted by Crippen LogP contribution is 2.17. The first-order valence-corrected chi connectivity index (χ1v) is 4.98. The van der Waals surface area contributed by atoms with E-state index in [1.807, 2.05) is 6.92 Å². The van der Waals surface area contributed by atoms with Gasteiger partial charge in [0.25, 0.3) is 0 Å². The molecular weight excluding hydrogens is 209 g/mol. The standard InChI is InChI=1S/C11H12FN3O/c1-7(9-3-5-10(12)6-4-9)15-8(2)13-14-11(15)16/h3-7H,1-2H3,(H,14,16)/t7-/m1/s1. The maximum atomic E-state index is 12.8. The van der Waals surface area contributed by atoms with Gasteiger partial charge in [0.2, 0.25) is 0 Å². The molecule has 5 heteroatoms. The molecule has 0 bridgehead atoms. The van der Waals surface area contributed by atoms with Gasteiger partial charge in [0.15, 0.2) is 0 Å². The van der Waals surface area contributed by atoms with E-state index in [0.717, 1.165) is 5.56 Å². The molecule has 16 heavy (non-hydrogen) atoms. The molecule has 0 radical (unpaired) electrons. The van der Waals surface area contributed by atoms with Gasteiger partial charge in [0, 0.05) is 0 Å². The molecule has 0 aliphatic carbocycles. The molecule has 0 aliphatic heterocycles. The van der Waals surface area contributed by atoms with E-state index < -0.39 is 0 Å². The summed E-state index contributed by atoms with van der Waals surface area (Å²) in [5.41, 5.74) is 0.613. The third-order valence-electron chi connectivity index (χ3n) is 2.62. The van der Waals surface area contributed by atoms with Crippen molar-refractivity contribution < 1.29 is 4.39 Å². The van der Waals surface area contributed by atoms with Crippen molar-refractivity contribution in [3.8, 4) is 0 Å². The number of halogens is 1. The molecule has 1 aromatic heterocycles. The first-order valence-electron chi connectivity index (χ1n) is 4.98. The molecule has 0 spiro atoms. The summed E-state index contributed by atoms with van der Waals surface area (Å²) >= 11 is 0. The molecule has 2 aromatic rings. The van der Waals surface area contributed by atoms with Gasteiger partial charge < -0.3 is 0 Å². The molecule has 2 rings (SSSR count). The first-order chi connectivity index (χ1) is 7.59. The Hall–Kier alpha value is -1.91. The maximum absolute atomic E-state index is 12.8. The van der Waals surface area contributed by atoms with Crippen molar-refractivity contribution in [3.05, 3.63) is 52.0 Å². The van der Waals surface area contributed by atoms with E-state index in [-0.39, 0.29) is 17.5 Å². The number of aromatic amines is 1. The van der Waals surface area contributed by atoms with Crippen LogP contribution in [0.5, 0.6) is 0 Å². The Bertz CT molecular complexity index is 541. The van der Waals surface area contributed by atoms with Gasteiger partial charge in [-0.05, 0) is 31.5 Å². The van der Waals surface area contributed by atoms with Crippen molar-refractivity contribution >= 4 is 0 Å². The zero-order valence-electron chi connectivity index (χ0n) is 9.07. The van der Waals surface area contributed by atoms with Crippen LogP contribution in [-0.4, -0.2) is 14.8 Å². The first kappa shape index (κ1) is 10.6. The molecule has 0 saturated heterocycles. The molecule has 84 valence electrons. The van der Waals surface area contributed by atoms with Gasteiger partial charge in [-0.1, -0.05) is 12.1 Å². The van der Waals surface area contributed by atoms with Crippen molar-refractivity contribution in [2.24, 2.45) is 0 Å². The SMILES string of the molecule is Cc1n[nH]c(=O)n1[C@H](C)c1ccc(F)cc1. The monoisotopic (exact) mass is 221 g/mol. The summed E-state index contributed by atoms with van der Waals surface area (Å²) in [5.74, 6) is 0.328. The van der Waals surface area contributed by atoms with Crippen LogP contribution in [0.25, 0.3) is 0 Å². The lowest BCUT2D eigenvalue weighted by molar-refractivity contribution is 0.592. The lowest BCUT2D eigenvalue weighted by Crippen LogP contribution is -2.22. The van der Waals surface area contributed by atoms with Crippen LogP contribution in [-0.2, 0) is 0 Å². The molecule has 1 N–H and O–H groups in total. The van der Waals surface area contributed by atoms with Crippen LogP contribution in [0.2, 0.25) is 0 Å². The van der Waals surface area contributed by atoms with Gasteiger partial charge in [0.05, 0.1) is 6.04 Å². The summed E-state index contributed by atoms with van der Waals surface area (Å²) in [4.78, 5) is 11.5. The third-order valence-corrected chi connectivity index (χ3v) is 2.62. The lowest BCUT2D eigenvalue weighted by Gasteiger charge is -2.13. The Kier molecular flexibility index (Phi) is 2.60. The van der Waals surface area contributed by atoms with Gasteiger partial charge in [0.1, 0.15) is 11.6 Å². The average Bonchev–Trinajstić information content (AvgIpc) is 2.59. The predicted molar refractivity (Wildman–Crippen MR) is 57.8 cm³/mol. The largest absolute Gasteiger partial charge is 0.343 e. The number of nitrogens with zero attached hydrogens (tertiary/aromatic N) is 2. The van der Waals surface area contributed by atoms with E-state index in [1.165, 1.54) is 16.7 Å². The number of aromatic nitrogens is 3. The number of nitrogens with one attached hydrogen (secondary N) is 1. The minimum Gasteiger partial charge on any atom is -0.272 e. The number of rotatable bonds is 2. The number of H-pyrrole nitrogens is 1. The summed E-state index contributed by atoms with van der Waals surface area (Å²) in [6, 6.07) is 5.93. The van der Waals surface area contributed by atoms with Gasteiger partial charge in [-0.25, -0.2) is 14.3 Å². The van der Waals surface area contributed by atoms with E-state index >= 15 is 0 Å². The summed E-state index contributed by atoms with van der Waals surface area (Å²) in [6.45, 7) is 3.62. The Morgan fingerprint density at radius 2 is 2.00 bits per heavy atom. The van der Waals surface area contributed by atoms with Crippen LogP contribution in [0.15, 0.2) is 29.1 Å². The Morgan fingerprint density at radius 3 is 2.50 bits per heavy atom. The second kappa shape index (κ2) is 3.92. The fourth-order valence-electron chi connectivity index (χ4n) is 1.73. The summed E-state index contributed by atoms with van der Waals surface area (Å²) < 4.78 is 14.3. The molecule has 4 nitrogen and oxygen atoms in total. The number of hydrogen-bond acceptors (Lipinski definition) is 2. The van der Waals surface area contributed by atoms with Crippen molar-refractivity contribution in [2.75, 3.05) is 0 Å². The molecular formula is C11H12FN3O. The van der Waals surface area contributed by atoms with E-state index in [1.54, 1.807) is 19.1 Å². The lowest BCUT2D eigenvalue weighted by atomic mass is 10.1. The second-order valence-electron chi connectivity index (χ2n) is 3.67. The van der Waals surface area contributed by atoms with Crippen molar-refractivity contribution in [2.45, 2.75) is 19.9 Å². The molecule has 0 fully saturated rings. The zero-order valence-corrected chi connectivity index (χ0v) is 9.07. The molecule has 0 unspecified atom stereocenters. The van der Waals surface area contributed by atoms with Crippen molar-refractivity contribution in [1.29, 1.82) is 0 Å². The maximum Gasteiger partial charge on any atom is 0.343 e. The molecule has 0 saturated carbocycles. The molecule has 1 heterocycles. The Morgan fingerprint density at radius 1 is 1.38 bits per heavy atom. The van der Waals surface area contributed by atoms with Crippen molar-refractivity contribution in [3.63, 3.8) is 0 Å². The van der Waals surface area contributed by atoms with Crippen LogP contribution in [0.3, 0.4) is 0 Å². The molecule has 0 amide bonds. The quantitative estimate of drug-likeness (QED) is 0.837. The van der Waals surface area contributed by atoms with Crippen LogP contribution in [0.1, 0.15) is 24.4 Å². The number of benzene rings is 1. The van der Waals surface area contributed by atoms with Gasteiger partial charge in [-0.15, -0.1) is 0 Å². The van der Waals surface area contributed by atoms with E-state index in [2.05, 4.69) is 10.2 Å². The van der Waals surface area contributed by atoms with Gasteiger partial charge in [-0.3, -0.25) is 4.57 Å². The topological polar surface area (TPSA) is 50.7 Å². The summed E-state index contributed by atoms with van der Waals surface area (Å²) in [6.07, 6.45) is 0. The number of aryl methyl sites for hydroxylation is 1. The fraction of sp³-hybridized carbons (Fsp3) is 0.273. The number of hydrogen-bond donors (Lipinski definition) is 1. The van der Waals surface area contributed by atoms with Crippen LogP contribution < -0.4 is 5.69 Å². The molecule has 1 aromatic carbocycles. The fourth-order valence-corrected chi connectivity index (χ4v) is 1.73. The summed E-state index contributed by atoms with van der Waals surface area (Å²) in [7, 11) is 0. The van der Waals surface area contributed by atoms with Crippen LogP contribution >= 0.6 is 0 Å².